The van der Waals surface area contributed by atoms with Gasteiger partial charge in [-0.05, 0) is 41.0 Å². The number of sulfonamides is 1. The summed E-state index contributed by atoms with van der Waals surface area (Å²) < 4.78 is 26.9. The molecule has 8 heteroatoms. The van der Waals surface area contributed by atoms with E-state index in [0.29, 0.717) is 22.6 Å². The van der Waals surface area contributed by atoms with Crippen molar-refractivity contribution < 1.29 is 8.42 Å². The molecule has 2 N–H and O–H groups in total. The predicted octanol–water partition coefficient (Wildman–Crippen LogP) is 2.80. The zero-order valence-corrected chi connectivity index (χ0v) is 14.4. The molecule has 0 radical (unpaired) electrons. The van der Waals surface area contributed by atoms with Gasteiger partial charge in [-0.15, -0.1) is 12.4 Å². The number of halogens is 3. The van der Waals surface area contributed by atoms with Gasteiger partial charge in [0.15, 0.2) is 0 Å². The maximum atomic E-state index is 12.0. The summed E-state index contributed by atoms with van der Waals surface area (Å²) in [5.74, 6) is 0. The van der Waals surface area contributed by atoms with Crippen LogP contribution in [0.3, 0.4) is 0 Å². The van der Waals surface area contributed by atoms with E-state index in [1.165, 1.54) is 6.07 Å². The van der Waals surface area contributed by atoms with Gasteiger partial charge in [-0.2, -0.15) is 0 Å². The first-order valence-corrected chi connectivity index (χ1v) is 8.29. The average Bonchev–Trinajstić information content (AvgIpc) is 2.32. The van der Waals surface area contributed by atoms with Crippen molar-refractivity contribution in [2.45, 2.75) is 18.2 Å². The fourth-order valence-electron chi connectivity index (χ4n) is 1.34. The van der Waals surface area contributed by atoms with Gasteiger partial charge in [-0.25, -0.2) is 13.1 Å². The van der Waals surface area contributed by atoms with E-state index < -0.39 is 10.0 Å². The maximum Gasteiger partial charge on any atom is 0.241 e. The Morgan fingerprint density at radius 3 is 2.58 bits per heavy atom. The highest BCUT2D eigenvalue weighted by Crippen LogP contribution is 2.29. The van der Waals surface area contributed by atoms with Gasteiger partial charge in [0.1, 0.15) is 0 Å². The minimum Gasteiger partial charge on any atom is -0.315 e. The largest absolute Gasteiger partial charge is 0.315 e. The molecule has 0 aliphatic heterocycles. The van der Waals surface area contributed by atoms with Gasteiger partial charge >= 0.3 is 0 Å². The number of rotatable bonds is 7. The van der Waals surface area contributed by atoms with Gasteiger partial charge in [0.2, 0.25) is 10.0 Å². The normalized spacial score (nSPS) is 11.1. The number of hydrogen-bond donors (Lipinski definition) is 2. The summed E-state index contributed by atoms with van der Waals surface area (Å²) in [4.78, 5) is 0.158. The highest BCUT2D eigenvalue weighted by atomic mass is 79.9. The van der Waals surface area contributed by atoms with Crippen molar-refractivity contribution in [3.8, 4) is 0 Å². The minimum atomic E-state index is -3.52. The third-order valence-electron chi connectivity index (χ3n) is 2.23. The molecule has 19 heavy (non-hydrogen) atoms. The Labute approximate surface area is 133 Å². The van der Waals surface area contributed by atoms with Crippen LogP contribution in [0.1, 0.15) is 13.3 Å². The van der Waals surface area contributed by atoms with E-state index in [-0.39, 0.29) is 17.3 Å². The predicted molar refractivity (Wildman–Crippen MR) is 84.7 cm³/mol. The summed E-state index contributed by atoms with van der Waals surface area (Å²) >= 11 is 9.05. The van der Waals surface area contributed by atoms with Crippen LogP contribution >= 0.6 is 39.9 Å². The second-order valence-electron chi connectivity index (χ2n) is 3.70. The van der Waals surface area contributed by atoms with Gasteiger partial charge in [-0.1, -0.05) is 24.6 Å². The molecular formula is C11H17BrCl2N2O2S. The zero-order chi connectivity index (χ0) is 13.6. The third kappa shape index (κ3) is 5.97. The molecule has 0 fully saturated rings. The highest BCUT2D eigenvalue weighted by Gasteiger charge is 2.18. The molecule has 0 amide bonds. The SMILES string of the molecule is CCCNCCNS(=O)(=O)c1cccc(Cl)c1Br.Cl. The van der Waals surface area contributed by atoms with Gasteiger partial charge in [-0.3, -0.25) is 0 Å². The van der Waals surface area contributed by atoms with E-state index in [0.717, 1.165) is 13.0 Å². The first-order chi connectivity index (χ1) is 8.49. The van der Waals surface area contributed by atoms with Crippen LogP contribution in [-0.4, -0.2) is 28.1 Å². The third-order valence-corrected chi connectivity index (χ3v) is 5.39. The molecule has 1 aromatic carbocycles. The molecule has 4 nitrogen and oxygen atoms in total. The fourth-order valence-corrected chi connectivity index (χ4v) is 3.61. The van der Waals surface area contributed by atoms with Gasteiger partial charge in [0, 0.05) is 13.1 Å². The molecular weight excluding hydrogens is 375 g/mol. The second-order valence-corrected chi connectivity index (χ2v) is 6.64. The van der Waals surface area contributed by atoms with Gasteiger partial charge < -0.3 is 5.32 Å². The van der Waals surface area contributed by atoms with Crippen LogP contribution in [0, 0.1) is 0 Å². The van der Waals surface area contributed by atoms with E-state index in [1.807, 2.05) is 0 Å². The lowest BCUT2D eigenvalue weighted by Crippen LogP contribution is -2.32. The Hall–Kier alpha value is 0.150. The summed E-state index contributed by atoms with van der Waals surface area (Å²) in [7, 11) is -3.52. The van der Waals surface area contributed by atoms with Crippen LogP contribution in [0.15, 0.2) is 27.6 Å². The standard InChI is InChI=1S/C11H16BrClN2O2S.ClH/c1-2-6-14-7-8-15-18(16,17)10-5-3-4-9(13)11(10)12;/h3-5,14-15H,2,6-8H2,1H3;1H. The quantitative estimate of drug-likeness (QED) is 0.702. The van der Waals surface area contributed by atoms with Crippen molar-refractivity contribution >= 4 is 50.0 Å². The molecule has 0 aliphatic carbocycles. The Morgan fingerprint density at radius 1 is 1.26 bits per heavy atom. The lowest BCUT2D eigenvalue weighted by Gasteiger charge is -2.09. The van der Waals surface area contributed by atoms with Gasteiger partial charge in [0.25, 0.3) is 0 Å². The average molecular weight is 392 g/mol. The summed E-state index contributed by atoms with van der Waals surface area (Å²) in [5.41, 5.74) is 0. The van der Waals surface area contributed by atoms with E-state index in [9.17, 15) is 8.42 Å². The lowest BCUT2D eigenvalue weighted by atomic mass is 10.4. The van der Waals surface area contributed by atoms with Gasteiger partial charge in [0.05, 0.1) is 14.4 Å². The van der Waals surface area contributed by atoms with Crippen LogP contribution in [0.4, 0.5) is 0 Å². The maximum absolute atomic E-state index is 12.0. The number of nitrogens with one attached hydrogen (secondary N) is 2. The monoisotopic (exact) mass is 390 g/mol. The van der Waals surface area contributed by atoms with Crippen molar-refractivity contribution in [3.05, 3.63) is 27.7 Å². The van der Waals surface area contributed by atoms with E-state index >= 15 is 0 Å². The van der Waals surface area contributed by atoms with E-state index in [2.05, 4.69) is 32.9 Å². The molecule has 0 aromatic heterocycles. The Morgan fingerprint density at radius 2 is 1.95 bits per heavy atom. The second kappa shape index (κ2) is 9.15. The van der Waals surface area contributed by atoms with Crippen LogP contribution in [0.2, 0.25) is 5.02 Å². The first-order valence-electron chi connectivity index (χ1n) is 5.63. The summed E-state index contributed by atoms with van der Waals surface area (Å²) in [6.07, 6.45) is 1.02. The van der Waals surface area contributed by atoms with Crippen molar-refractivity contribution in [2.75, 3.05) is 19.6 Å². The smallest absolute Gasteiger partial charge is 0.241 e. The van der Waals surface area contributed by atoms with Crippen LogP contribution in [-0.2, 0) is 10.0 Å². The summed E-state index contributed by atoms with van der Waals surface area (Å²) in [5, 5.41) is 3.50. The topological polar surface area (TPSA) is 58.2 Å². The first kappa shape index (κ1) is 19.1. The molecule has 0 spiro atoms. The number of hydrogen-bond acceptors (Lipinski definition) is 3. The molecule has 0 unspecified atom stereocenters. The number of benzene rings is 1. The molecule has 0 aliphatic rings. The molecule has 0 bridgehead atoms. The van der Waals surface area contributed by atoms with Crippen LogP contribution in [0.25, 0.3) is 0 Å². The molecule has 0 heterocycles. The van der Waals surface area contributed by atoms with E-state index in [4.69, 9.17) is 11.6 Å². The molecule has 1 rings (SSSR count). The molecule has 1 aromatic rings. The molecule has 0 saturated carbocycles. The van der Waals surface area contributed by atoms with Crippen molar-refractivity contribution in [1.82, 2.24) is 10.0 Å². The summed E-state index contributed by atoms with van der Waals surface area (Å²) in [6, 6.07) is 4.75. The minimum absolute atomic E-state index is 0. The van der Waals surface area contributed by atoms with Crippen LogP contribution < -0.4 is 10.0 Å². The van der Waals surface area contributed by atoms with Crippen molar-refractivity contribution in [3.63, 3.8) is 0 Å². The Balaban J connectivity index is 0.00000324. The van der Waals surface area contributed by atoms with Crippen molar-refractivity contribution in [2.24, 2.45) is 0 Å². The molecule has 0 atom stereocenters. The fraction of sp³-hybridized carbons (Fsp3) is 0.455. The highest BCUT2D eigenvalue weighted by molar-refractivity contribution is 9.10. The Kier molecular flexibility index (Phi) is 9.23. The zero-order valence-electron chi connectivity index (χ0n) is 10.4. The summed E-state index contributed by atoms with van der Waals surface area (Å²) in [6.45, 7) is 3.88. The lowest BCUT2D eigenvalue weighted by molar-refractivity contribution is 0.575. The van der Waals surface area contributed by atoms with E-state index in [1.54, 1.807) is 12.1 Å². The molecule has 110 valence electrons. The van der Waals surface area contributed by atoms with Crippen molar-refractivity contribution in [1.29, 1.82) is 0 Å². The Bertz CT molecular complexity index is 497. The molecule has 0 saturated heterocycles. The van der Waals surface area contributed by atoms with Crippen LogP contribution in [0.5, 0.6) is 0 Å².